The van der Waals surface area contributed by atoms with Crippen molar-refractivity contribution in [3.63, 3.8) is 0 Å². The lowest BCUT2D eigenvalue weighted by Crippen LogP contribution is -2.26. The number of nitrogens with two attached hydrogens (primary N) is 1. The van der Waals surface area contributed by atoms with Gasteiger partial charge < -0.3 is 15.6 Å². The zero-order valence-corrected chi connectivity index (χ0v) is 12.4. The Bertz CT molecular complexity index is 379. The van der Waals surface area contributed by atoms with Gasteiger partial charge in [-0.25, -0.2) is 0 Å². The van der Waals surface area contributed by atoms with Gasteiger partial charge in [0.15, 0.2) is 0 Å². The number of aliphatic hydroxyl groups is 1. The van der Waals surface area contributed by atoms with E-state index >= 15 is 0 Å². The molecule has 0 bridgehead atoms. The maximum absolute atomic E-state index is 10.4. The average molecular weight is 265 g/mol. The van der Waals surface area contributed by atoms with Crippen LogP contribution in [0.4, 0.5) is 0 Å². The molecule has 2 atom stereocenters. The number of aliphatic hydroxyl groups excluding tert-OH is 1. The molecule has 3 nitrogen and oxygen atoms in total. The second kappa shape index (κ2) is 8.18. The molecule has 0 aromatic heterocycles. The van der Waals surface area contributed by atoms with Crippen LogP contribution in [0, 0.1) is 6.92 Å². The lowest BCUT2D eigenvalue weighted by molar-refractivity contribution is 0.131. The molecule has 0 saturated heterocycles. The molecule has 3 N–H and O–H groups in total. The number of hydrogen-bond donors (Lipinski definition) is 2. The molecular weight excluding hydrogens is 238 g/mol. The van der Waals surface area contributed by atoms with E-state index in [1.165, 1.54) is 0 Å². The Morgan fingerprint density at radius 1 is 1.32 bits per heavy atom. The summed E-state index contributed by atoms with van der Waals surface area (Å²) in [6, 6.07) is 6.03. The van der Waals surface area contributed by atoms with Gasteiger partial charge in [0.2, 0.25) is 0 Å². The molecule has 0 amide bonds. The minimum Gasteiger partial charge on any atom is -0.496 e. The molecule has 19 heavy (non-hydrogen) atoms. The van der Waals surface area contributed by atoms with Crippen molar-refractivity contribution >= 4 is 0 Å². The average Bonchev–Trinajstić information content (AvgIpc) is 2.40. The molecule has 0 radical (unpaired) electrons. The third-order valence-electron chi connectivity index (χ3n) is 3.61. The summed E-state index contributed by atoms with van der Waals surface area (Å²) in [5.74, 6) is 0.766. The van der Waals surface area contributed by atoms with Crippen molar-refractivity contribution < 1.29 is 9.84 Å². The maximum Gasteiger partial charge on any atom is 0.122 e. The highest BCUT2D eigenvalue weighted by molar-refractivity contribution is 5.40. The van der Waals surface area contributed by atoms with E-state index in [2.05, 4.69) is 13.0 Å². The number of benzene rings is 1. The van der Waals surface area contributed by atoms with Crippen molar-refractivity contribution in [1.29, 1.82) is 0 Å². The number of methoxy groups -OCH3 is 1. The van der Waals surface area contributed by atoms with E-state index in [-0.39, 0.29) is 5.92 Å². The van der Waals surface area contributed by atoms with E-state index in [9.17, 15) is 5.11 Å². The van der Waals surface area contributed by atoms with Crippen molar-refractivity contribution in [3.8, 4) is 5.75 Å². The highest BCUT2D eigenvalue weighted by Crippen LogP contribution is 2.31. The molecule has 0 fully saturated rings. The molecule has 3 heteroatoms. The molecule has 1 aromatic carbocycles. The van der Waals surface area contributed by atoms with Crippen LogP contribution < -0.4 is 10.5 Å². The standard InChI is InChI=1S/C16H27NO2/c1-4-5-6-7-15(18)14(11-17)13-10-12(2)8-9-16(13)19-3/h8-10,14-15,18H,4-7,11,17H2,1-3H3. The van der Waals surface area contributed by atoms with Gasteiger partial charge in [-0.05, 0) is 19.4 Å². The molecular formula is C16H27NO2. The lowest BCUT2D eigenvalue weighted by atomic mass is 9.89. The normalized spacial score (nSPS) is 14.2. The van der Waals surface area contributed by atoms with Crippen LogP contribution in [0.5, 0.6) is 5.75 Å². The van der Waals surface area contributed by atoms with Crippen molar-refractivity contribution in [3.05, 3.63) is 29.3 Å². The van der Waals surface area contributed by atoms with Crippen LogP contribution in [0.25, 0.3) is 0 Å². The zero-order chi connectivity index (χ0) is 14.3. The van der Waals surface area contributed by atoms with Crippen molar-refractivity contribution in [2.75, 3.05) is 13.7 Å². The predicted molar refractivity (Wildman–Crippen MR) is 79.7 cm³/mol. The van der Waals surface area contributed by atoms with E-state index in [1.807, 2.05) is 19.1 Å². The first-order valence-corrected chi connectivity index (χ1v) is 7.16. The summed E-state index contributed by atoms with van der Waals surface area (Å²) in [7, 11) is 1.66. The Labute approximate surface area is 116 Å². The molecule has 108 valence electrons. The predicted octanol–water partition coefficient (Wildman–Crippen LogP) is 2.99. The summed E-state index contributed by atoms with van der Waals surface area (Å²) in [5.41, 5.74) is 8.05. The first-order valence-electron chi connectivity index (χ1n) is 7.16. The first kappa shape index (κ1) is 16.0. The maximum atomic E-state index is 10.4. The van der Waals surface area contributed by atoms with Crippen LogP contribution in [0.1, 0.15) is 49.7 Å². The molecule has 0 spiro atoms. The van der Waals surface area contributed by atoms with E-state index in [1.54, 1.807) is 7.11 Å². The SMILES string of the molecule is CCCCCC(O)C(CN)c1cc(C)ccc1OC. The molecule has 0 aliphatic carbocycles. The van der Waals surface area contributed by atoms with Crippen LogP contribution in [-0.2, 0) is 0 Å². The number of aryl methyl sites for hydroxylation is 1. The van der Waals surface area contributed by atoms with Crippen LogP contribution in [0.2, 0.25) is 0 Å². The fourth-order valence-corrected chi connectivity index (χ4v) is 2.44. The molecule has 1 rings (SSSR count). The number of ether oxygens (including phenoxy) is 1. The smallest absolute Gasteiger partial charge is 0.122 e. The zero-order valence-electron chi connectivity index (χ0n) is 12.4. The van der Waals surface area contributed by atoms with Gasteiger partial charge in [-0.2, -0.15) is 0 Å². The first-order chi connectivity index (χ1) is 9.13. The topological polar surface area (TPSA) is 55.5 Å². The Kier molecular flexibility index (Phi) is 6.89. The number of rotatable bonds is 8. The largest absolute Gasteiger partial charge is 0.496 e. The Morgan fingerprint density at radius 3 is 2.63 bits per heavy atom. The van der Waals surface area contributed by atoms with E-state index in [0.717, 1.165) is 42.6 Å². The minimum atomic E-state index is -0.396. The van der Waals surface area contributed by atoms with Crippen molar-refractivity contribution in [2.24, 2.45) is 5.73 Å². The van der Waals surface area contributed by atoms with E-state index in [0.29, 0.717) is 6.54 Å². The molecule has 0 aliphatic heterocycles. The fourth-order valence-electron chi connectivity index (χ4n) is 2.44. The minimum absolute atomic E-state index is 0.0493. The van der Waals surface area contributed by atoms with Crippen LogP contribution in [0.3, 0.4) is 0 Å². The molecule has 1 aromatic rings. The lowest BCUT2D eigenvalue weighted by Gasteiger charge is -2.24. The molecule has 0 saturated carbocycles. The van der Waals surface area contributed by atoms with Gasteiger partial charge in [0.1, 0.15) is 5.75 Å². The third kappa shape index (κ3) is 4.51. The van der Waals surface area contributed by atoms with Gasteiger partial charge in [-0.1, -0.05) is 43.9 Å². The summed E-state index contributed by atoms with van der Waals surface area (Å²) >= 11 is 0. The van der Waals surface area contributed by atoms with Crippen LogP contribution >= 0.6 is 0 Å². The van der Waals surface area contributed by atoms with Crippen molar-refractivity contribution in [1.82, 2.24) is 0 Å². The second-order valence-electron chi connectivity index (χ2n) is 5.15. The number of unbranched alkanes of at least 4 members (excludes halogenated alkanes) is 2. The van der Waals surface area contributed by atoms with Crippen LogP contribution in [0.15, 0.2) is 18.2 Å². The van der Waals surface area contributed by atoms with E-state index in [4.69, 9.17) is 10.5 Å². The third-order valence-corrected chi connectivity index (χ3v) is 3.61. The molecule has 0 heterocycles. The van der Waals surface area contributed by atoms with Gasteiger partial charge in [0.25, 0.3) is 0 Å². The van der Waals surface area contributed by atoms with Gasteiger partial charge in [-0.15, -0.1) is 0 Å². The van der Waals surface area contributed by atoms with Gasteiger partial charge >= 0.3 is 0 Å². The van der Waals surface area contributed by atoms with Gasteiger partial charge in [-0.3, -0.25) is 0 Å². The van der Waals surface area contributed by atoms with E-state index < -0.39 is 6.10 Å². The summed E-state index contributed by atoms with van der Waals surface area (Å²) in [6.45, 7) is 4.64. The van der Waals surface area contributed by atoms with Crippen molar-refractivity contribution in [2.45, 2.75) is 51.6 Å². The summed E-state index contributed by atoms with van der Waals surface area (Å²) in [6.07, 6.45) is 3.76. The highest BCUT2D eigenvalue weighted by Gasteiger charge is 2.22. The quantitative estimate of drug-likeness (QED) is 0.710. The second-order valence-corrected chi connectivity index (χ2v) is 5.15. The molecule has 0 aliphatic rings. The highest BCUT2D eigenvalue weighted by atomic mass is 16.5. The number of hydrogen-bond acceptors (Lipinski definition) is 3. The van der Waals surface area contributed by atoms with Crippen LogP contribution in [-0.4, -0.2) is 24.9 Å². The Hall–Kier alpha value is -1.06. The summed E-state index contributed by atoms with van der Waals surface area (Å²) in [4.78, 5) is 0. The summed E-state index contributed by atoms with van der Waals surface area (Å²) in [5, 5.41) is 10.4. The van der Waals surface area contributed by atoms with Gasteiger partial charge in [0, 0.05) is 18.0 Å². The molecule has 2 unspecified atom stereocenters. The summed E-state index contributed by atoms with van der Waals surface area (Å²) < 4.78 is 5.39. The Morgan fingerprint density at radius 2 is 2.05 bits per heavy atom. The fraction of sp³-hybridized carbons (Fsp3) is 0.625. The monoisotopic (exact) mass is 265 g/mol. The van der Waals surface area contributed by atoms with Gasteiger partial charge in [0.05, 0.1) is 13.2 Å². The Balaban J connectivity index is 2.86.